The van der Waals surface area contributed by atoms with E-state index in [1.165, 1.54) is 4.88 Å². The fourth-order valence-electron chi connectivity index (χ4n) is 0.784. The first kappa shape index (κ1) is 8.27. The average molecular weight is 169 g/mol. The molecule has 0 saturated carbocycles. The van der Waals surface area contributed by atoms with Crippen LogP contribution >= 0.6 is 11.3 Å². The van der Waals surface area contributed by atoms with Gasteiger partial charge < -0.3 is 10.1 Å². The molecule has 0 unspecified atom stereocenters. The molecule has 0 amide bonds. The lowest BCUT2D eigenvalue weighted by Gasteiger charge is -1.97. The van der Waals surface area contributed by atoms with Gasteiger partial charge in [0.15, 0.2) is 0 Å². The van der Waals surface area contributed by atoms with Gasteiger partial charge in [-0.1, -0.05) is 0 Å². The molecule has 1 heterocycles. The lowest BCUT2D eigenvalue weighted by molar-refractivity contribution is -0.107. The van der Waals surface area contributed by atoms with Crippen molar-refractivity contribution in [2.75, 3.05) is 11.9 Å². The Morgan fingerprint density at radius 2 is 2.45 bits per heavy atom. The van der Waals surface area contributed by atoms with Crippen LogP contribution in [0.15, 0.2) is 12.1 Å². The van der Waals surface area contributed by atoms with Gasteiger partial charge in [-0.2, -0.15) is 0 Å². The first-order valence-electron chi connectivity index (χ1n) is 3.57. The van der Waals surface area contributed by atoms with Crippen molar-refractivity contribution < 1.29 is 4.79 Å². The number of nitrogens with one attached hydrogen (secondary N) is 1. The van der Waals surface area contributed by atoms with Crippen molar-refractivity contribution in [3.63, 3.8) is 0 Å². The maximum absolute atomic E-state index is 9.96. The van der Waals surface area contributed by atoms with E-state index < -0.39 is 0 Å². The smallest absolute Gasteiger partial charge is 0.121 e. The third-order valence-electron chi connectivity index (χ3n) is 1.30. The third-order valence-corrected chi connectivity index (χ3v) is 2.26. The summed E-state index contributed by atoms with van der Waals surface area (Å²) in [5.74, 6) is 0. The molecule has 0 atom stereocenters. The molecule has 0 aromatic carbocycles. The highest BCUT2D eigenvalue weighted by atomic mass is 32.1. The van der Waals surface area contributed by atoms with Crippen LogP contribution in [-0.2, 0) is 4.79 Å². The number of carbonyl (C=O) groups excluding carboxylic acids is 1. The van der Waals surface area contributed by atoms with Crippen molar-refractivity contribution in [3.8, 4) is 0 Å². The molecular weight excluding hydrogens is 158 g/mol. The van der Waals surface area contributed by atoms with Crippen molar-refractivity contribution in [2.45, 2.75) is 13.3 Å². The highest BCUT2D eigenvalue weighted by Crippen LogP contribution is 2.19. The lowest BCUT2D eigenvalue weighted by atomic mass is 10.4. The minimum Gasteiger partial charge on any atom is -0.376 e. The van der Waals surface area contributed by atoms with Crippen LogP contribution in [0.4, 0.5) is 5.00 Å². The Labute approximate surface area is 70.2 Å². The van der Waals surface area contributed by atoms with Gasteiger partial charge in [0.05, 0.1) is 5.00 Å². The molecule has 0 aliphatic carbocycles. The molecule has 2 nitrogen and oxygen atoms in total. The fraction of sp³-hybridized carbons (Fsp3) is 0.375. The van der Waals surface area contributed by atoms with E-state index in [1.807, 2.05) is 6.07 Å². The van der Waals surface area contributed by atoms with E-state index >= 15 is 0 Å². The number of anilines is 1. The maximum Gasteiger partial charge on any atom is 0.121 e. The van der Waals surface area contributed by atoms with Gasteiger partial charge in [0.2, 0.25) is 0 Å². The van der Waals surface area contributed by atoms with Crippen molar-refractivity contribution in [1.29, 1.82) is 0 Å². The zero-order valence-electron chi connectivity index (χ0n) is 6.46. The predicted molar refractivity (Wildman–Crippen MR) is 48.2 cm³/mol. The van der Waals surface area contributed by atoms with Gasteiger partial charge in [-0.3, -0.25) is 0 Å². The summed E-state index contributed by atoms with van der Waals surface area (Å²) in [5.41, 5.74) is 0. The van der Waals surface area contributed by atoms with E-state index in [9.17, 15) is 4.79 Å². The standard InChI is InChI=1S/C8H11NOS/c1-7-3-4-8(11-7)9-5-2-6-10/h3-4,6,9H,2,5H2,1H3. The number of aldehydes is 1. The third kappa shape index (κ3) is 2.72. The van der Waals surface area contributed by atoms with E-state index in [0.717, 1.165) is 17.8 Å². The van der Waals surface area contributed by atoms with Gasteiger partial charge >= 0.3 is 0 Å². The molecule has 0 saturated heterocycles. The topological polar surface area (TPSA) is 29.1 Å². The summed E-state index contributed by atoms with van der Waals surface area (Å²) in [6.45, 7) is 2.80. The number of hydrogen-bond acceptors (Lipinski definition) is 3. The second-order valence-corrected chi connectivity index (χ2v) is 3.58. The Kier molecular flexibility index (Phi) is 3.11. The molecule has 60 valence electrons. The van der Waals surface area contributed by atoms with Crippen LogP contribution < -0.4 is 5.32 Å². The molecule has 3 heteroatoms. The molecule has 0 radical (unpaired) electrons. The summed E-state index contributed by atoms with van der Waals surface area (Å²) in [4.78, 5) is 11.3. The number of rotatable bonds is 4. The van der Waals surface area contributed by atoms with Crippen molar-refractivity contribution in [2.24, 2.45) is 0 Å². The predicted octanol–water partition coefficient (Wildman–Crippen LogP) is 2.06. The van der Waals surface area contributed by atoms with Crippen LogP contribution in [-0.4, -0.2) is 12.8 Å². The van der Waals surface area contributed by atoms with Crippen molar-refractivity contribution >= 4 is 22.6 Å². The summed E-state index contributed by atoms with van der Waals surface area (Å²) in [7, 11) is 0. The minimum atomic E-state index is 0.580. The van der Waals surface area contributed by atoms with Crippen molar-refractivity contribution in [3.05, 3.63) is 17.0 Å². The van der Waals surface area contributed by atoms with Crippen LogP contribution in [0, 0.1) is 6.92 Å². The minimum absolute atomic E-state index is 0.580. The number of carbonyl (C=O) groups is 1. The molecule has 0 fully saturated rings. The normalized spacial score (nSPS) is 9.55. The SMILES string of the molecule is Cc1ccc(NCCC=O)s1. The Hall–Kier alpha value is -0.830. The molecule has 11 heavy (non-hydrogen) atoms. The molecule has 1 N–H and O–H groups in total. The van der Waals surface area contributed by atoms with Gasteiger partial charge in [-0.25, -0.2) is 0 Å². The number of aryl methyl sites for hydroxylation is 1. The highest BCUT2D eigenvalue weighted by Gasteiger charge is 1.93. The van der Waals surface area contributed by atoms with Gasteiger partial charge in [0.25, 0.3) is 0 Å². The molecule has 0 spiro atoms. The van der Waals surface area contributed by atoms with E-state index in [4.69, 9.17) is 0 Å². The Morgan fingerprint density at radius 3 is 3.00 bits per heavy atom. The number of thiophene rings is 1. The average Bonchev–Trinajstić information content (AvgIpc) is 2.37. The zero-order chi connectivity index (χ0) is 8.10. The highest BCUT2D eigenvalue weighted by molar-refractivity contribution is 7.16. The summed E-state index contributed by atoms with van der Waals surface area (Å²) >= 11 is 1.71. The van der Waals surface area contributed by atoms with E-state index in [-0.39, 0.29) is 0 Å². The van der Waals surface area contributed by atoms with Crippen molar-refractivity contribution in [1.82, 2.24) is 0 Å². The molecule has 1 aromatic rings. The second kappa shape index (κ2) is 4.13. The van der Waals surface area contributed by atoms with Gasteiger partial charge in [0.1, 0.15) is 6.29 Å². The Balaban J connectivity index is 2.32. The van der Waals surface area contributed by atoms with Crippen LogP contribution in [0.25, 0.3) is 0 Å². The first-order chi connectivity index (χ1) is 5.33. The first-order valence-corrected chi connectivity index (χ1v) is 4.38. The van der Waals surface area contributed by atoms with E-state index in [1.54, 1.807) is 11.3 Å². The van der Waals surface area contributed by atoms with Gasteiger partial charge in [0, 0.05) is 17.8 Å². The molecule has 0 bridgehead atoms. The summed E-state index contributed by atoms with van der Waals surface area (Å²) in [5, 5.41) is 4.30. The molecule has 1 aromatic heterocycles. The van der Waals surface area contributed by atoms with E-state index in [2.05, 4.69) is 18.3 Å². The van der Waals surface area contributed by atoms with Crippen LogP contribution in [0.1, 0.15) is 11.3 Å². The van der Waals surface area contributed by atoms with E-state index in [0.29, 0.717) is 6.42 Å². The fourth-order valence-corrected chi connectivity index (χ4v) is 1.58. The second-order valence-electron chi connectivity index (χ2n) is 2.29. The van der Waals surface area contributed by atoms with Gasteiger partial charge in [-0.15, -0.1) is 11.3 Å². The summed E-state index contributed by atoms with van der Waals surface area (Å²) in [6, 6.07) is 4.10. The lowest BCUT2D eigenvalue weighted by Crippen LogP contribution is -1.99. The maximum atomic E-state index is 9.96. The molecule has 1 rings (SSSR count). The monoisotopic (exact) mass is 169 g/mol. The molecular formula is C8H11NOS. The molecule has 0 aliphatic heterocycles. The zero-order valence-corrected chi connectivity index (χ0v) is 7.28. The molecule has 0 aliphatic rings. The Bertz CT molecular complexity index is 232. The van der Waals surface area contributed by atoms with Crippen LogP contribution in [0.3, 0.4) is 0 Å². The number of hydrogen-bond donors (Lipinski definition) is 1. The van der Waals surface area contributed by atoms with Crippen LogP contribution in [0.2, 0.25) is 0 Å². The largest absolute Gasteiger partial charge is 0.376 e. The quantitative estimate of drug-likeness (QED) is 0.552. The van der Waals surface area contributed by atoms with Crippen LogP contribution in [0.5, 0.6) is 0 Å². The summed E-state index contributed by atoms with van der Waals surface area (Å²) in [6.07, 6.45) is 1.50. The Morgan fingerprint density at radius 1 is 1.64 bits per heavy atom. The van der Waals surface area contributed by atoms with Gasteiger partial charge in [-0.05, 0) is 19.1 Å². The summed E-state index contributed by atoms with van der Waals surface area (Å²) < 4.78 is 0.